The van der Waals surface area contributed by atoms with Crippen LogP contribution in [0.1, 0.15) is 171 Å². The molecule has 0 fully saturated rings. The molecule has 2 aromatic heterocycles. The van der Waals surface area contributed by atoms with E-state index in [4.69, 9.17) is 0 Å². The van der Waals surface area contributed by atoms with Crippen molar-refractivity contribution in [2.45, 2.75) is 163 Å². The van der Waals surface area contributed by atoms with E-state index >= 15 is 0 Å². The summed E-state index contributed by atoms with van der Waals surface area (Å²) in [5.41, 5.74) is 7.52. The second kappa shape index (κ2) is 19.3. The lowest BCUT2D eigenvalue weighted by Gasteiger charge is -2.09. The second-order valence-corrected chi connectivity index (χ2v) is 17.3. The number of unbranched alkanes of at least 4 members (excludes halogenated alkanes) is 12. The lowest BCUT2D eigenvalue weighted by molar-refractivity contribution is 0.612. The fraction of sp³-hybridized carbons (Fsp3) is 0.610. The number of hydrogen-bond donors (Lipinski definition) is 0. The van der Waals surface area contributed by atoms with Crippen molar-refractivity contribution >= 4 is 43.0 Å². The quantitative estimate of drug-likeness (QED) is 0.109. The van der Waals surface area contributed by atoms with Crippen molar-refractivity contribution in [3.8, 4) is 0 Å². The normalized spacial score (nSPS) is 16.2. The monoisotopic (exact) mass is 680 g/mol. The van der Waals surface area contributed by atoms with Crippen LogP contribution in [0.5, 0.6) is 0 Å². The Morgan fingerprint density at radius 2 is 1.04 bits per heavy atom. The van der Waals surface area contributed by atoms with E-state index in [9.17, 15) is 8.42 Å². The molecule has 0 atom stereocenters. The average Bonchev–Trinajstić information content (AvgIpc) is 3.84. The minimum absolute atomic E-state index is 0.572. The van der Waals surface area contributed by atoms with Crippen molar-refractivity contribution in [2.75, 3.05) is 0 Å². The summed E-state index contributed by atoms with van der Waals surface area (Å²) in [5.74, 6) is 0. The third-order valence-electron chi connectivity index (χ3n) is 9.64. The lowest BCUT2D eigenvalue weighted by atomic mass is 10.0. The van der Waals surface area contributed by atoms with E-state index in [2.05, 4.69) is 62.7 Å². The summed E-state index contributed by atoms with van der Waals surface area (Å²) >= 11 is 3.49. The zero-order valence-corrected chi connectivity index (χ0v) is 31.8. The van der Waals surface area contributed by atoms with Crippen molar-refractivity contribution < 1.29 is 8.42 Å². The van der Waals surface area contributed by atoms with Crippen molar-refractivity contribution in [1.29, 1.82) is 0 Å². The van der Waals surface area contributed by atoms with E-state index < -0.39 is 9.84 Å². The molecule has 0 radical (unpaired) electrons. The van der Waals surface area contributed by atoms with Gasteiger partial charge in [-0.05, 0) is 114 Å². The van der Waals surface area contributed by atoms with Crippen molar-refractivity contribution in [2.24, 2.45) is 0 Å². The summed E-state index contributed by atoms with van der Waals surface area (Å²) < 4.78 is 29.1. The lowest BCUT2D eigenvalue weighted by Crippen LogP contribution is -2.04. The fourth-order valence-electron chi connectivity index (χ4n) is 6.89. The Morgan fingerprint density at radius 1 is 0.565 bits per heavy atom. The smallest absolute Gasteiger partial charge is 0.208 e. The summed E-state index contributed by atoms with van der Waals surface area (Å²) in [6.07, 6.45) is 28.6. The van der Waals surface area contributed by atoms with Crippen LogP contribution in [0, 0.1) is 0 Å². The minimum atomic E-state index is -3.58. The van der Waals surface area contributed by atoms with E-state index in [1.165, 1.54) is 117 Å². The number of sulfone groups is 1. The van der Waals surface area contributed by atoms with Crippen LogP contribution in [0.25, 0.3) is 10.5 Å². The number of aryl methyl sites for hydroxylation is 2. The Balaban J connectivity index is 1.59. The van der Waals surface area contributed by atoms with Crippen LogP contribution >= 0.6 is 22.7 Å². The van der Waals surface area contributed by atoms with Gasteiger partial charge in [-0.3, -0.25) is 0 Å². The first-order valence-electron chi connectivity index (χ1n) is 18.7. The van der Waals surface area contributed by atoms with Gasteiger partial charge in [-0.1, -0.05) is 111 Å². The van der Waals surface area contributed by atoms with E-state index in [0.717, 1.165) is 61.0 Å². The first kappa shape index (κ1) is 37.1. The maximum Gasteiger partial charge on any atom is 0.208 e. The predicted octanol–water partition coefficient (Wildman–Crippen LogP) is 13.8. The maximum atomic E-state index is 14.5. The summed E-state index contributed by atoms with van der Waals surface area (Å²) in [5, 5.41) is 4.55. The Hall–Kier alpha value is -1.69. The molecule has 1 aliphatic heterocycles. The summed E-state index contributed by atoms with van der Waals surface area (Å²) in [6.45, 7) is 9.00. The SMILES string of the molecule is CCCCCCC1=C(c2cc(CCCCCC)cs2)CC(C2=CC(CCCCCC)=C(c3cc(CCCCCC)cs3)S2(=O)=O)=C1. The van der Waals surface area contributed by atoms with Crippen molar-refractivity contribution in [3.05, 3.63) is 77.6 Å². The summed E-state index contributed by atoms with van der Waals surface area (Å²) in [6, 6.07) is 4.59. The van der Waals surface area contributed by atoms with E-state index in [0.29, 0.717) is 9.81 Å². The van der Waals surface area contributed by atoms with Crippen molar-refractivity contribution in [1.82, 2.24) is 0 Å². The Morgan fingerprint density at radius 3 is 1.59 bits per heavy atom. The highest BCUT2D eigenvalue weighted by molar-refractivity contribution is 8.05. The van der Waals surface area contributed by atoms with Gasteiger partial charge in [0.1, 0.15) is 0 Å². The fourth-order valence-corrected chi connectivity index (χ4v) is 11.1. The Bertz CT molecular complexity index is 1470. The molecule has 2 aliphatic rings. The average molecular weight is 681 g/mol. The molecule has 0 saturated carbocycles. The second-order valence-electron chi connectivity index (χ2n) is 13.6. The number of thiophene rings is 2. The molecular formula is C41H60O2S3. The molecule has 1 aliphatic carbocycles. The zero-order valence-electron chi connectivity index (χ0n) is 29.4. The number of allylic oxidation sites excluding steroid dienone is 6. The topological polar surface area (TPSA) is 34.1 Å². The Kier molecular flexibility index (Phi) is 15.6. The van der Waals surface area contributed by atoms with Gasteiger partial charge in [0.25, 0.3) is 0 Å². The molecule has 0 N–H and O–H groups in total. The maximum absolute atomic E-state index is 14.5. The standard InChI is InChI=1S/C41H60O2S3/c1-5-9-13-17-21-32-25-38(44-30-32)37-28-36(27-34(37)23-19-15-11-7-3)40-29-35(24-20-16-12-8-4)41(46(40,42)43)39-26-33(31-45-39)22-18-14-10-6-2/h25-27,29-31H,5-24,28H2,1-4H3. The predicted molar refractivity (Wildman–Crippen MR) is 205 cm³/mol. The van der Waals surface area contributed by atoms with Gasteiger partial charge in [0.2, 0.25) is 9.84 Å². The van der Waals surface area contributed by atoms with E-state index in [1.54, 1.807) is 11.3 Å². The van der Waals surface area contributed by atoms with Gasteiger partial charge in [0.15, 0.2) is 0 Å². The molecule has 5 heteroatoms. The molecule has 0 unspecified atom stereocenters. The van der Waals surface area contributed by atoms with Gasteiger partial charge < -0.3 is 0 Å². The number of hydrogen-bond acceptors (Lipinski definition) is 4. The highest BCUT2D eigenvalue weighted by Gasteiger charge is 2.37. The summed E-state index contributed by atoms with van der Waals surface area (Å²) in [4.78, 5) is 3.47. The van der Waals surface area contributed by atoms with Crippen LogP contribution in [0.4, 0.5) is 0 Å². The molecule has 2 nitrogen and oxygen atoms in total. The van der Waals surface area contributed by atoms with Gasteiger partial charge in [-0.2, -0.15) is 0 Å². The molecule has 254 valence electrons. The number of rotatable bonds is 23. The molecule has 0 bridgehead atoms. The van der Waals surface area contributed by atoms with Gasteiger partial charge in [-0.25, -0.2) is 8.42 Å². The molecule has 0 aromatic carbocycles. The van der Waals surface area contributed by atoms with Gasteiger partial charge in [0, 0.05) is 16.2 Å². The molecule has 0 spiro atoms. The zero-order chi connectivity index (χ0) is 32.8. The van der Waals surface area contributed by atoms with E-state index in [-0.39, 0.29) is 0 Å². The Labute approximate surface area is 290 Å². The van der Waals surface area contributed by atoms with Gasteiger partial charge in [-0.15, -0.1) is 22.7 Å². The third-order valence-corrected chi connectivity index (χ3v) is 13.8. The molecule has 4 rings (SSSR count). The van der Waals surface area contributed by atoms with Crippen LogP contribution < -0.4 is 0 Å². The molecule has 2 aromatic rings. The molecular weight excluding hydrogens is 621 g/mol. The molecule has 0 saturated heterocycles. The first-order chi connectivity index (χ1) is 22.4. The van der Waals surface area contributed by atoms with E-state index in [1.807, 2.05) is 11.3 Å². The molecule has 3 heterocycles. The molecule has 46 heavy (non-hydrogen) atoms. The largest absolute Gasteiger partial charge is 0.218 e. The third kappa shape index (κ3) is 10.2. The van der Waals surface area contributed by atoms with Crippen LogP contribution in [0.2, 0.25) is 0 Å². The van der Waals surface area contributed by atoms with Crippen LogP contribution in [0.3, 0.4) is 0 Å². The summed E-state index contributed by atoms with van der Waals surface area (Å²) in [7, 11) is -3.58. The van der Waals surface area contributed by atoms with Crippen LogP contribution in [-0.4, -0.2) is 8.42 Å². The van der Waals surface area contributed by atoms with Gasteiger partial charge in [0.05, 0.1) is 9.81 Å². The van der Waals surface area contributed by atoms with Gasteiger partial charge >= 0.3 is 0 Å². The van der Waals surface area contributed by atoms with Crippen LogP contribution in [-0.2, 0) is 22.7 Å². The highest BCUT2D eigenvalue weighted by atomic mass is 32.2. The molecule has 0 amide bonds. The highest BCUT2D eigenvalue weighted by Crippen LogP contribution is 2.49. The first-order valence-corrected chi connectivity index (χ1v) is 22.0. The van der Waals surface area contributed by atoms with Crippen molar-refractivity contribution in [3.63, 3.8) is 0 Å². The van der Waals surface area contributed by atoms with Crippen LogP contribution in [0.15, 0.2) is 56.7 Å². The minimum Gasteiger partial charge on any atom is -0.218 e.